The average molecular weight is 299 g/mol. The SMILES string of the molecule is CNC/C=C\c1cc(F)cc(CCc2cc(C)cc(N)n2)c1. The summed E-state index contributed by atoms with van der Waals surface area (Å²) in [6, 6.07) is 8.99. The number of nitrogens with one attached hydrogen (secondary N) is 1. The predicted molar refractivity (Wildman–Crippen MR) is 90.2 cm³/mol. The van der Waals surface area contributed by atoms with Gasteiger partial charge in [0.1, 0.15) is 11.6 Å². The number of benzene rings is 1. The molecule has 2 rings (SSSR count). The highest BCUT2D eigenvalue weighted by Crippen LogP contribution is 2.14. The largest absolute Gasteiger partial charge is 0.384 e. The van der Waals surface area contributed by atoms with Crippen molar-refractivity contribution in [1.29, 1.82) is 0 Å². The van der Waals surface area contributed by atoms with Crippen LogP contribution in [-0.2, 0) is 12.8 Å². The fourth-order valence-corrected chi connectivity index (χ4v) is 2.40. The van der Waals surface area contributed by atoms with E-state index in [1.807, 2.05) is 44.3 Å². The molecule has 0 spiro atoms. The Morgan fingerprint density at radius 2 is 2.00 bits per heavy atom. The molecule has 2 aromatic rings. The molecule has 0 aliphatic rings. The number of nitrogens with two attached hydrogens (primary N) is 1. The Balaban J connectivity index is 2.08. The smallest absolute Gasteiger partial charge is 0.124 e. The average Bonchev–Trinajstić information content (AvgIpc) is 2.44. The van der Waals surface area contributed by atoms with Gasteiger partial charge < -0.3 is 11.1 Å². The number of pyridine rings is 1. The van der Waals surface area contributed by atoms with Crippen molar-refractivity contribution in [3.8, 4) is 0 Å². The molecule has 1 aromatic carbocycles. The van der Waals surface area contributed by atoms with Crippen molar-refractivity contribution in [3.05, 3.63) is 64.6 Å². The number of nitrogens with zero attached hydrogens (tertiary/aromatic N) is 1. The van der Waals surface area contributed by atoms with Crippen LogP contribution < -0.4 is 11.1 Å². The summed E-state index contributed by atoms with van der Waals surface area (Å²) in [5.74, 6) is 0.322. The number of aryl methyl sites for hydroxylation is 3. The van der Waals surface area contributed by atoms with Gasteiger partial charge in [0.2, 0.25) is 0 Å². The molecule has 0 amide bonds. The summed E-state index contributed by atoms with van der Waals surface area (Å²) < 4.78 is 13.7. The third-order valence-corrected chi connectivity index (χ3v) is 3.32. The molecule has 3 nitrogen and oxygen atoms in total. The molecule has 0 aliphatic carbocycles. The number of halogens is 1. The normalized spacial score (nSPS) is 11.2. The van der Waals surface area contributed by atoms with E-state index < -0.39 is 0 Å². The van der Waals surface area contributed by atoms with Crippen LogP contribution >= 0.6 is 0 Å². The zero-order valence-electron chi connectivity index (χ0n) is 13.1. The number of hydrogen-bond acceptors (Lipinski definition) is 3. The van der Waals surface area contributed by atoms with Crippen molar-refractivity contribution < 1.29 is 4.39 Å². The molecule has 0 saturated carbocycles. The maximum Gasteiger partial charge on any atom is 0.124 e. The highest BCUT2D eigenvalue weighted by Gasteiger charge is 2.03. The summed E-state index contributed by atoms with van der Waals surface area (Å²) in [6.07, 6.45) is 5.38. The van der Waals surface area contributed by atoms with E-state index in [1.165, 1.54) is 0 Å². The van der Waals surface area contributed by atoms with E-state index in [4.69, 9.17) is 5.73 Å². The molecule has 1 heterocycles. The lowest BCUT2D eigenvalue weighted by molar-refractivity contribution is 0.624. The summed E-state index contributed by atoms with van der Waals surface area (Å²) in [7, 11) is 1.88. The molecule has 0 saturated heterocycles. The lowest BCUT2D eigenvalue weighted by Crippen LogP contribution is -2.03. The zero-order valence-corrected chi connectivity index (χ0v) is 13.1. The highest BCUT2D eigenvalue weighted by atomic mass is 19.1. The van der Waals surface area contributed by atoms with Gasteiger partial charge in [-0.15, -0.1) is 0 Å². The van der Waals surface area contributed by atoms with E-state index in [0.717, 1.165) is 41.8 Å². The molecule has 4 heteroatoms. The topological polar surface area (TPSA) is 50.9 Å². The van der Waals surface area contributed by atoms with E-state index in [2.05, 4.69) is 10.3 Å². The number of hydrogen-bond donors (Lipinski definition) is 2. The molecule has 0 radical (unpaired) electrons. The quantitative estimate of drug-likeness (QED) is 0.861. The summed E-state index contributed by atoms with van der Waals surface area (Å²) in [6.45, 7) is 2.76. The van der Waals surface area contributed by atoms with E-state index >= 15 is 0 Å². The Labute approximate surface area is 131 Å². The second kappa shape index (κ2) is 7.71. The van der Waals surface area contributed by atoms with E-state index in [-0.39, 0.29) is 5.82 Å². The molecular formula is C18H22FN3. The molecule has 0 unspecified atom stereocenters. The van der Waals surface area contributed by atoms with Gasteiger partial charge in [-0.05, 0) is 67.8 Å². The fraction of sp³-hybridized carbons (Fsp3) is 0.278. The maximum absolute atomic E-state index is 13.7. The van der Waals surface area contributed by atoms with Crippen LogP contribution in [0.2, 0.25) is 0 Å². The first-order valence-electron chi connectivity index (χ1n) is 7.40. The van der Waals surface area contributed by atoms with Gasteiger partial charge in [0.25, 0.3) is 0 Å². The molecule has 22 heavy (non-hydrogen) atoms. The second-order valence-electron chi connectivity index (χ2n) is 5.41. The first-order chi connectivity index (χ1) is 10.6. The monoisotopic (exact) mass is 299 g/mol. The molecular weight excluding hydrogens is 277 g/mol. The van der Waals surface area contributed by atoms with E-state index in [0.29, 0.717) is 5.82 Å². The molecule has 1 aromatic heterocycles. The first kappa shape index (κ1) is 16.2. The number of nitrogen functional groups attached to an aromatic ring is 1. The lowest BCUT2D eigenvalue weighted by Gasteiger charge is -2.06. The van der Waals surface area contributed by atoms with Gasteiger partial charge in [-0.25, -0.2) is 9.37 Å². The van der Waals surface area contributed by atoms with Crippen molar-refractivity contribution in [2.45, 2.75) is 19.8 Å². The Hall–Kier alpha value is -2.20. The van der Waals surface area contributed by atoms with Crippen LogP contribution in [0.5, 0.6) is 0 Å². The molecule has 0 aliphatic heterocycles. The van der Waals surface area contributed by atoms with Gasteiger partial charge in [-0.1, -0.05) is 18.2 Å². The van der Waals surface area contributed by atoms with Gasteiger partial charge >= 0.3 is 0 Å². The van der Waals surface area contributed by atoms with Crippen LogP contribution in [0.3, 0.4) is 0 Å². The zero-order chi connectivity index (χ0) is 15.9. The van der Waals surface area contributed by atoms with Gasteiger partial charge in [0.05, 0.1) is 0 Å². The Kier molecular flexibility index (Phi) is 5.67. The van der Waals surface area contributed by atoms with Crippen LogP contribution in [-0.4, -0.2) is 18.6 Å². The standard InChI is InChI=1S/C18H22FN3/c1-13-8-17(22-18(20)9-13)6-5-15-10-14(4-3-7-21-2)11-16(19)12-15/h3-4,8-12,21H,5-7H2,1-2H3,(H2,20,22)/b4-3-. The highest BCUT2D eigenvalue weighted by molar-refractivity contribution is 5.51. The fourth-order valence-electron chi connectivity index (χ4n) is 2.40. The van der Waals surface area contributed by atoms with Gasteiger partial charge in [-0.3, -0.25) is 0 Å². The van der Waals surface area contributed by atoms with Crippen molar-refractivity contribution in [3.63, 3.8) is 0 Å². The lowest BCUT2D eigenvalue weighted by atomic mass is 10.0. The summed E-state index contributed by atoms with van der Waals surface area (Å²) in [5, 5.41) is 3.02. The molecule has 0 bridgehead atoms. The van der Waals surface area contributed by atoms with Gasteiger partial charge in [0, 0.05) is 12.2 Å². The molecule has 0 fully saturated rings. The van der Waals surface area contributed by atoms with E-state index in [1.54, 1.807) is 12.1 Å². The van der Waals surface area contributed by atoms with E-state index in [9.17, 15) is 4.39 Å². The van der Waals surface area contributed by atoms with Crippen LogP contribution in [0.15, 0.2) is 36.4 Å². The summed E-state index contributed by atoms with van der Waals surface area (Å²) >= 11 is 0. The second-order valence-corrected chi connectivity index (χ2v) is 5.41. The number of likely N-dealkylation sites (N-methyl/N-ethyl adjacent to an activating group) is 1. The molecule has 3 N–H and O–H groups in total. The van der Waals surface area contributed by atoms with Crippen molar-refractivity contribution in [1.82, 2.24) is 10.3 Å². The van der Waals surface area contributed by atoms with Gasteiger partial charge in [0.15, 0.2) is 0 Å². The number of rotatable bonds is 6. The van der Waals surface area contributed by atoms with Crippen LogP contribution in [0, 0.1) is 12.7 Å². The predicted octanol–water partition coefficient (Wildman–Crippen LogP) is 3.13. The third kappa shape index (κ3) is 4.97. The van der Waals surface area contributed by atoms with Crippen molar-refractivity contribution in [2.24, 2.45) is 0 Å². The number of anilines is 1. The maximum atomic E-state index is 13.7. The Morgan fingerprint density at radius 1 is 1.18 bits per heavy atom. The Morgan fingerprint density at radius 3 is 2.73 bits per heavy atom. The summed E-state index contributed by atoms with van der Waals surface area (Å²) in [4.78, 5) is 4.32. The minimum absolute atomic E-state index is 0.210. The minimum Gasteiger partial charge on any atom is -0.384 e. The van der Waals surface area contributed by atoms with Crippen molar-refractivity contribution in [2.75, 3.05) is 19.3 Å². The van der Waals surface area contributed by atoms with Gasteiger partial charge in [-0.2, -0.15) is 0 Å². The Bertz CT molecular complexity index is 645. The third-order valence-electron chi connectivity index (χ3n) is 3.32. The minimum atomic E-state index is -0.210. The summed E-state index contributed by atoms with van der Waals surface area (Å²) in [5.41, 5.74) is 9.63. The van der Waals surface area contributed by atoms with Crippen LogP contribution in [0.25, 0.3) is 6.08 Å². The van der Waals surface area contributed by atoms with Crippen molar-refractivity contribution >= 4 is 11.9 Å². The molecule has 0 atom stereocenters. The van der Waals surface area contributed by atoms with Crippen LogP contribution in [0.4, 0.5) is 10.2 Å². The first-order valence-corrected chi connectivity index (χ1v) is 7.40. The molecule has 116 valence electrons. The van der Waals surface area contributed by atoms with Crippen LogP contribution in [0.1, 0.15) is 22.4 Å². The number of aromatic nitrogens is 1.